The van der Waals surface area contributed by atoms with Crippen LogP contribution in [0.2, 0.25) is 0 Å². The highest BCUT2D eigenvalue weighted by Gasteiger charge is 2.29. The van der Waals surface area contributed by atoms with Gasteiger partial charge in [-0.25, -0.2) is 4.98 Å². The van der Waals surface area contributed by atoms with Crippen LogP contribution in [-0.2, 0) is 4.79 Å². The number of carboxylic acids is 1. The number of hydrogen-bond donors (Lipinski definition) is 1. The van der Waals surface area contributed by atoms with E-state index in [2.05, 4.69) is 9.88 Å². The van der Waals surface area contributed by atoms with Crippen molar-refractivity contribution in [2.24, 2.45) is 5.92 Å². The van der Waals surface area contributed by atoms with Gasteiger partial charge >= 0.3 is 12.5 Å². The zero-order valence-electron chi connectivity index (χ0n) is 14.2. The minimum Gasteiger partial charge on any atom is -0.481 e. The van der Waals surface area contributed by atoms with E-state index < -0.39 is 12.5 Å². The third kappa shape index (κ3) is 3.81. The molecule has 7 heteroatoms. The number of halogens is 2. The van der Waals surface area contributed by atoms with Gasteiger partial charge in [-0.2, -0.15) is 8.78 Å². The lowest BCUT2D eigenvalue weighted by atomic mass is 9.92. The molecule has 2 aromatic rings. The number of aliphatic carboxylic acids is 1. The molecule has 1 N–H and O–H groups in total. The van der Waals surface area contributed by atoms with E-state index in [4.69, 9.17) is 5.11 Å². The maximum atomic E-state index is 13.6. The largest absolute Gasteiger partial charge is 0.481 e. The molecule has 0 bridgehead atoms. The second kappa shape index (κ2) is 7.47. The van der Waals surface area contributed by atoms with Gasteiger partial charge in [0.05, 0.1) is 17.1 Å². The molecule has 1 aromatic carbocycles. The van der Waals surface area contributed by atoms with Crippen molar-refractivity contribution in [1.29, 1.82) is 0 Å². The molecule has 1 saturated heterocycles. The van der Waals surface area contributed by atoms with E-state index in [0.717, 1.165) is 30.5 Å². The van der Waals surface area contributed by atoms with Gasteiger partial charge in [0.15, 0.2) is 0 Å². The molecule has 1 aliphatic heterocycles. The SMILES string of the molecule is CC(c1nc2ccccc2n1C(F)F)N1CCCC(CCC(=O)O)C1. The van der Waals surface area contributed by atoms with Crippen molar-refractivity contribution in [3.8, 4) is 0 Å². The third-order valence-corrected chi connectivity index (χ3v) is 5.06. The Kier molecular flexibility index (Phi) is 5.32. The topological polar surface area (TPSA) is 58.4 Å². The van der Waals surface area contributed by atoms with Gasteiger partial charge in [0.2, 0.25) is 0 Å². The van der Waals surface area contributed by atoms with Crippen LogP contribution in [0, 0.1) is 5.92 Å². The van der Waals surface area contributed by atoms with Gasteiger partial charge in [0.25, 0.3) is 0 Å². The normalized spacial score (nSPS) is 20.2. The van der Waals surface area contributed by atoms with Crippen molar-refractivity contribution < 1.29 is 18.7 Å². The molecule has 2 unspecified atom stereocenters. The number of rotatable bonds is 6. The van der Waals surface area contributed by atoms with Crippen LogP contribution < -0.4 is 0 Å². The molecular formula is C18H23F2N3O2. The predicted octanol–water partition coefficient (Wildman–Crippen LogP) is 4.07. The fourth-order valence-electron chi connectivity index (χ4n) is 3.74. The van der Waals surface area contributed by atoms with Crippen LogP contribution in [0.4, 0.5) is 8.78 Å². The van der Waals surface area contributed by atoms with E-state index >= 15 is 0 Å². The summed E-state index contributed by atoms with van der Waals surface area (Å²) in [7, 11) is 0. The lowest BCUT2D eigenvalue weighted by Crippen LogP contribution is -2.38. The summed E-state index contributed by atoms with van der Waals surface area (Å²) in [6.45, 7) is 0.801. The van der Waals surface area contributed by atoms with E-state index in [9.17, 15) is 13.6 Å². The van der Waals surface area contributed by atoms with E-state index in [-0.39, 0.29) is 18.4 Å². The average Bonchev–Trinajstić information content (AvgIpc) is 2.99. The van der Waals surface area contributed by atoms with Gasteiger partial charge in [-0.05, 0) is 50.8 Å². The van der Waals surface area contributed by atoms with Gasteiger partial charge < -0.3 is 5.11 Å². The molecule has 1 fully saturated rings. The quantitative estimate of drug-likeness (QED) is 0.852. The van der Waals surface area contributed by atoms with Crippen LogP contribution in [0.5, 0.6) is 0 Å². The summed E-state index contributed by atoms with van der Waals surface area (Å²) in [5.41, 5.74) is 1.02. The Morgan fingerprint density at radius 3 is 2.88 bits per heavy atom. The van der Waals surface area contributed by atoms with Gasteiger partial charge in [0, 0.05) is 13.0 Å². The Balaban J connectivity index is 1.82. The molecule has 2 heterocycles. The fourth-order valence-corrected chi connectivity index (χ4v) is 3.74. The first kappa shape index (κ1) is 17.8. The van der Waals surface area contributed by atoms with E-state index in [1.165, 1.54) is 0 Å². The molecule has 3 rings (SSSR count). The molecule has 1 aliphatic rings. The number of likely N-dealkylation sites (tertiary alicyclic amines) is 1. The average molecular weight is 351 g/mol. The first-order valence-corrected chi connectivity index (χ1v) is 8.68. The van der Waals surface area contributed by atoms with Gasteiger partial charge in [-0.15, -0.1) is 0 Å². The maximum Gasteiger partial charge on any atom is 0.320 e. The van der Waals surface area contributed by atoms with Gasteiger partial charge in [-0.1, -0.05) is 12.1 Å². The smallest absolute Gasteiger partial charge is 0.320 e. The van der Waals surface area contributed by atoms with Crippen molar-refractivity contribution in [3.05, 3.63) is 30.1 Å². The van der Waals surface area contributed by atoms with E-state index in [0.29, 0.717) is 23.3 Å². The third-order valence-electron chi connectivity index (χ3n) is 5.06. The Labute approximate surface area is 145 Å². The lowest BCUT2D eigenvalue weighted by molar-refractivity contribution is -0.137. The number of aromatic nitrogens is 2. The van der Waals surface area contributed by atoms with Crippen LogP contribution in [0.15, 0.2) is 24.3 Å². The van der Waals surface area contributed by atoms with Crippen molar-refractivity contribution in [2.75, 3.05) is 13.1 Å². The highest BCUT2D eigenvalue weighted by Crippen LogP contribution is 2.32. The molecular weight excluding hydrogens is 328 g/mol. The molecule has 0 aliphatic carbocycles. The second-order valence-corrected chi connectivity index (χ2v) is 6.72. The van der Waals surface area contributed by atoms with Gasteiger partial charge in [0.1, 0.15) is 5.82 Å². The summed E-state index contributed by atoms with van der Waals surface area (Å²) < 4.78 is 28.3. The van der Waals surface area contributed by atoms with Gasteiger partial charge in [-0.3, -0.25) is 14.3 Å². The number of para-hydroxylation sites is 2. The molecule has 25 heavy (non-hydrogen) atoms. The standard InChI is InChI=1S/C18H23F2N3O2/c1-12(22-10-4-5-13(11-22)8-9-16(24)25)17-21-14-6-2-3-7-15(14)23(17)18(19)20/h2-3,6-7,12-13,18H,4-5,8-11H2,1H3,(H,24,25). The fraction of sp³-hybridized carbons (Fsp3) is 0.556. The summed E-state index contributed by atoms with van der Waals surface area (Å²) in [6.07, 6.45) is 2.72. The number of carbonyl (C=O) groups is 1. The van der Waals surface area contributed by atoms with E-state index in [1.54, 1.807) is 24.3 Å². The van der Waals surface area contributed by atoms with Crippen molar-refractivity contribution >= 4 is 17.0 Å². The summed E-state index contributed by atoms with van der Waals surface area (Å²) in [5, 5.41) is 8.87. The lowest BCUT2D eigenvalue weighted by Gasteiger charge is -2.36. The molecule has 0 spiro atoms. The zero-order chi connectivity index (χ0) is 18.0. The monoisotopic (exact) mass is 351 g/mol. The zero-order valence-corrected chi connectivity index (χ0v) is 14.2. The summed E-state index contributed by atoms with van der Waals surface area (Å²) in [5.74, 6) is -0.128. The van der Waals surface area contributed by atoms with Crippen molar-refractivity contribution in [3.63, 3.8) is 0 Å². The Hall–Kier alpha value is -2.02. The summed E-state index contributed by atoms with van der Waals surface area (Å²) in [6, 6.07) is 6.70. The number of alkyl halides is 2. The minimum absolute atomic E-state index is 0.155. The Morgan fingerprint density at radius 1 is 1.40 bits per heavy atom. The minimum atomic E-state index is -2.64. The Bertz CT molecular complexity index is 747. The molecule has 136 valence electrons. The molecule has 0 radical (unpaired) electrons. The number of carboxylic acid groups (broad SMARTS) is 1. The molecule has 5 nitrogen and oxygen atoms in total. The highest BCUT2D eigenvalue weighted by molar-refractivity contribution is 5.76. The van der Waals surface area contributed by atoms with Crippen LogP contribution >= 0.6 is 0 Å². The number of benzene rings is 1. The molecule has 2 atom stereocenters. The van der Waals surface area contributed by atoms with Crippen molar-refractivity contribution in [1.82, 2.24) is 14.5 Å². The first-order chi connectivity index (χ1) is 12.0. The number of hydrogen-bond acceptors (Lipinski definition) is 3. The summed E-state index contributed by atoms with van der Waals surface area (Å²) >= 11 is 0. The number of piperidine rings is 1. The second-order valence-electron chi connectivity index (χ2n) is 6.72. The highest BCUT2D eigenvalue weighted by atomic mass is 19.3. The Morgan fingerprint density at radius 2 is 2.16 bits per heavy atom. The molecule has 1 aromatic heterocycles. The first-order valence-electron chi connectivity index (χ1n) is 8.68. The van der Waals surface area contributed by atoms with Crippen LogP contribution in [0.25, 0.3) is 11.0 Å². The predicted molar refractivity (Wildman–Crippen MR) is 90.6 cm³/mol. The van der Waals surface area contributed by atoms with E-state index in [1.807, 2.05) is 6.92 Å². The number of fused-ring (bicyclic) bond motifs is 1. The maximum absolute atomic E-state index is 13.6. The van der Waals surface area contributed by atoms with Crippen molar-refractivity contribution in [2.45, 2.75) is 45.2 Å². The van der Waals surface area contributed by atoms with Crippen LogP contribution in [0.1, 0.15) is 51.0 Å². The van der Waals surface area contributed by atoms with Crippen LogP contribution in [0.3, 0.4) is 0 Å². The van der Waals surface area contributed by atoms with Crippen LogP contribution in [-0.4, -0.2) is 38.6 Å². The molecule has 0 amide bonds. The number of imidazole rings is 1. The molecule has 0 saturated carbocycles. The number of nitrogens with zero attached hydrogens (tertiary/aromatic N) is 3. The summed E-state index contributed by atoms with van der Waals surface area (Å²) in [4.78, 5) is 17.4.